The van der Waals surface area contributed by atoms with Crippen molar-refractivity contribution in [3.63, 3.8) is 0 Å². The summed E-state index contributed by atoms with van der Waals surface area (Å²) < 4.78 is 61.1. The maximum atomic E-state index is 14.2. The molecule has 0 spiro atoms. The van der Waals surface area contributed by atoms with E-state index in [-0.39, 0.29) is 23.1 Å². The number of pyridine rings is 1. The van der Waals surface area contributed by atoms with E-state index in [1.165, 1.54) is 24.3 Å². The van der Waals surface area contributed by atoms with Gasteiger partial charge in [-0.05, 0) is 11.6 Å². The molecule has 0 aliphatic rings. The van der Waals surface area contributed by atoms with Gasteiger partial charge in [-0.2, -0.15) is 18.2 Å². The Morgan fingerprint density at radius 1 is 0.941 bits per heavy atom. The average Bonchev–Trinajstić information content (AvgIpc) is 3.35. The fraction of sp³-hybridized carbons (Fsp3) is 0.130. The number of carbonyl (C=O) groups is 1. The zero-order valence-corrected chi connectivity index (χ0v) is 17.4. The molecule has 0 N–H and O–H groups in total. The van der Waals surface area contributed by atoms with Crippen molar-refractivity contribution >= 4 is 6.09 Å². The van der Waals surface area contributed by atoms with Crippen LogP contribution in [-0.4, -0.2) is 26.3 Å². The number of rotatable bonds is 6. The van der Waals surface area contributed by atoms with Gasteiger partial charge in [-0.1, -0.05) is 70.3 Å². The minimum atomic E-state index is -4.75. The van der Waals surface area contributed by atoms with Crippen molar-refractivity contribution in [1.29, 1.82) is 0 Å². The molecule has 2 aromatic carbocycles. The van der Waals surface area contributed by atoms with Crippen LogP contribution >= 0.6 is 0 Å². The molecule has 4 rings (SSSR count). The van der Waals surface area contributed by atoms with Crippen LogP contribution in [0.2, 0.25) is 0 Å². The molecule has 7 nitrogen and oxygen atoms in total. The topological polar surface area (TPSA) is 81.4 Å². The van der Waals surface area contributed by atoms with Gasteiger partial charge in [0.15, 0.2) is 0 Å². The van der Waals surface area contributed by atoms with Crippen molar-refractivity contribution in [3.8, 4) is 22.6 Å². The fourth-order valence-electron chi connectivity index (χ4n) is 2.94. The van der Waals surface area contributed by atoms with Crippen LogP contribution in [0.4, 0.5) is 22.4 Å². The van der Waals surface area contributed by atoms with E-state index in [1.54, 1.807) is 18.3 Å². The number of benzene rings is 2. The highest BCUT2D eigenvalue weighted by molar-refractivity contribution is 5.66. The summed E-state index contributed by atoms with van der Waals surface area (Å²) in [6, 6.07) is 18.6. The van der Waals surface area contributed by atoms with Crippen LogP contribution in [0.15, 0.2) is 77.4 Å². The highest BCUT2D eigenvalue weighted by atomic mass is 19.4. The van der Waals surface area contributed by atoms with E-state index in [9.17, 15) is 22.4 Å². The van der Waals surface area contributed by atoms with E-state index in [1.807, 2.05) is 30.3 Å². The Morgan fingerprint density at radius 3 is 2.26 bits per heavy atom. The Hall–Kier alpha value is -4.28. The quantitative estimate of drug-likeness (QED) is 0.259. The summed E-state index contributed by atoms with van der Waals surface area (Å²) in [6.45, 7) is -0.593. The molecule has 4 aromatic rings. The number of amides is 1. The van der Waals surface area contributed by atoms with Gasteiger partial charge >= 0.3 is 18.2 Å². The Balaban J connectivity index is 1.30. The Labute approximate surface area is 190 Å². The third-order valence-electron chi connectivity index (χ3n) is 4.66. The number of nitrogens with zero attached hydrogens (tertiary/aromatic N) is 4. The van der Waals surface area contributed by atoms with Gasteiger partial charge in [-0.25, -0.2) is 4.79 Å². The monoisotopic (exact) mass is 472 g/mol. The number of hydrogen-bond donors (Lipinski definition) is 0. The maximum absolute atomic E-state index is 14.2. The largest absolute Gasteiger partial charge is 0.471 e. The van der Waals surface area contributed by atoms with Crippen LogP contribution < -0.4 is 0 Å². The molecule has 2 aromatic heterocycles. The highest BCUT2D eigenvalue weighted by Crippen LogP contribution is 2.29. The van der Waals surface area contributed by atoms with Crippen LogP contribution in [0.1, 0.15) is 17.0 Å². The van der Waals surface area contributed by atoms with E-state index in [2.05, 4.69) is 19.6 Å². The van der Waals surface area contributed by atoms with Crippen molar-refractivity contribution in [2.75, 3.05) is 0 Å². The van der Waals surface area contributed by atoms with E-state index in [0.29, 0.717) is 11.1 Å². The zero-order chi connectivity index (χ0) is 24.1. The van der Waals surface area contributed by atoms with Crippen LogP contribution in [0.5, 0.6) is 0 Å². The summed E-state index contributed by atoms with van der Waals surface area (Å²) in [6.07, 6.45) is -4.40. The Bertz CT molecular complexity index is 1240. The number of aromatic nitrogens is 3. The lowest BCUT2D eigenvalue weighted by Gasteiger charge is -2.13. The Kier molecular flexibility index (Phi) is 6.53. The highest BCUT2D eigenvalue weighted by Gasteiger charge is 2.38. The third-order valence-corrected chi connectivity index (χ3v) is 4.66. The molecule has 34 heavy (non-hydrogen) atoms. The van der Waals surface area contributed by atoms with Crippen LogP contribution in [-0.2, 0) is 24.1 Å². The van der Waals surface area contributed by atoms with E-state index in [4.69, 9.17) is 4.74 Å². The molecule has 0 atom stereocenters. The zero-order valence-electron chi connectivity index (χ0n) is 17.4. The molecule has 0 aliphatic carbocycles. The second-order valence-corrected chi connectivity index (χ2v) is 7.11. The van der Waals surface area contributed by atoms with Gasteiger partial charge in [0.2, 0.25) is 5.82 Å². The minimum Gasteiger partial charge on any atom is -0.443 e. The first-order valence-corrected chi connectivity index (χ1v) is 9.90. The molecule has 0 fully saturated rings. The first-order chi connectivity index (χ1) is 16.3. The number of alkyl halides is 3. The number of carbonyl (C=O) groups excluding carboxylic acids is 1. The standard InChI is InChI=1S/C23H16F4N4O3/c24-23(25,26)21-29-20(30-34-21)18-9-6-15(7-10-18)13-31(27)22(32)33-14-16-8-11-19(28-12-16)17-4-2-1-3-5-17/h1-12H,13-14H2. The van der Waals surface area contributed by atoms with Gasteiger partial charge in [0.1, 0.15) is 6.61 Å². The fourth-order valence-corrected chi connectivity index (χ4v) is 2.94. The van der Waals surface area contributed by atoms with Gasteiger partial charge in [0, 0.05) is 22.9 Å². The summed E-state index contributed by atoms with van der Waals surface area (Å²) in [4.78, 5) is 19.6. The Morgan fingerprint density at radius 2 is 1.65 bits per heavy atom. The number of hydrogen-bond acceptors (Lipinski definition) is 6. The van der Waals surface area contributed by atoms with Crippen LogP contribution in [0.25, 0.3) is 22.6 Å². The smallest absolute Gasteiger partial charge is 0.443 e. The van der Waals surface area contributed by atoms with Crippen molar-refractivity contribution in [1.82, 2.24) is 20.2 Å². The van der Waals surface area contributed by atoms with E-state index >= 15 is 0 Å². The summed E-state index contributed by atoms with van der Waals surface area (Å²) in [5.41, 5.74) is 2.89. The molecular formula is C23H16F4N4O3. The van der Waals surface area contributed by atoms with Crippen molar-refractivity contribution in [2.45, 2.75) is 19.3 Å². The molecule has 0 unspecified atom stereocenters. The third kappa shape index (κ3) is 5.55. The molecule has 0 saturated carbocycles. The van der Waals surface area contributed by atoms with Crippen LogP contribution in [0, 0.1) is 0 Å². The molecule has 11 heteroatoms. The lowest BCUT2D eigenvalue weighted by molar-refractivity contribution is -0.159. The molecule has 0 saturated heterocycles. The van der Waals surface area contributed by atoms with Gasteiger partial charge < -0.3 is 9.26 Å². The van der Waals surface area contributed by atoms with Crippen molar-refractivity contribution < 1.29 is 31.7 Å². The van der Waals surface area contributed by atoms with Gasteiger partial charge in [0.05, 0.1) is 12.2 Å². The summed E-state index contributed by atoms with van der Waals surface area (Å²) >= 11 is 0. The molecular weight excluding hydrogens is 456 g/mol. The molecule has 0 aliphatic heterocycles. The van der Waals surface area contributed by atoms with E-state index in [0.717, 1.165) is 11.3 Å². The molecule has 1 amide bonds. The second kappa shape index (κ2) is 9.69. The molecule has 0 bridgehead atoms. The molecule has 174 valence electrons. The van der Waals surface area contributed by atoms with Crippen LogP contribution in [0.3, 0.4) is 0 Å². The van der Waals surface area contributed by atoms with Crippen molar-refractivity contribution in [2.24, 2.45) is 0 Å². The summed E-state index contributed by atoms with van der Waals surface area (Å²) in [7, 11) is 0. The summed E-state index contributed by atoms with van der Waals surface area (Å²) in [5.74, 6) is -1.73. The predicted molar refractivity (Wildman–Crippen MR) is 111 cm³/mol. The van der Waals surface area contributed by atoms with Crippen molar-refractivity contribution in [3.05, 3.63) is 89.9 Å². The molecule has 0 radical (unpaired) electrons. The minimum absolute atomic E-state index is 0.114. The van der Waals surface area contributed by atoms with E-state index < -0.39 is 24.7 Å². The number of ether oxygens (including phenoxy) is 1. The van der Waals surface area contributed by atoms with Gasteiger partial charge in [-0.15, -0.1) is 5.12 Å². The lowest BCUT2D eigenvalue weighted by Crippen LogP contribution is -2.23. The first kappa shape index (κ1) is 22.9. The number of halogens is 4. The molecule has 2 heterocycles. The normalized spacial score (nSPS) is 11.3. The second-order valence-electron chi connectivity index (χ2n) is 7.11. The SMILES string of the molecule is O=C(OCc1ccc(-c2ccccc2)nc1)N(F)Cc1ccc(-c2noc(C(F)(F)F)n2)cc1. The predicted octanol–water partition coefficient (Wildman–Crippen LogP) is 5.84. The average molecular weight is 472 g/mol. The van der Waals surface area contributed by atoms with Gasteiger partial charge in [-0.3, -0.25) is 4.98 Å². The maximum Gasteiger partial charge on any atom is 0.471 e. The van der Waals surface area contributed by atoms with Gasteiger partial charge in [0.25, 0.3) is 0 Å². The lowest BCUT2D eigenvalue weighted by atomic mass is 10.1. The summed E-state index contributed by atoms with van der Waals surface area (Å²) in [5, 5.41) is 3.16. The first-order valence-electron chi connectivity index (χ1n) is 9.90.